The molecule has 5 rings (SSSR count). The van der Waals surface area contributed by atoms with E-state index in [1.54, 1.807) is 17.0 Å². The fraction of sp³-hybridized carbons (Fsp3) is 0.269. The van der Waals surface area contributed by atoms with Gasteiger partial charge in [-0.3, -0.25) is 0 Å². The summed E-state index contributed by atoms with van der Waals surface area (Å²) >= 11 is 0. The summed E-state index contributed by atoms with van der Waals surface area (Å²) in [5.41, 5.74) is 2.42. The van der Waals surface area contributed by atoms with Gasteiger partial charge in [0.05, 0.1) is 6.04 Å². The number of carbonyl (C=O) groups excluding carboxylic acids is 1. The van der Waals surface area contributed by atoms with Gasteiger partial charge in [0.15, 0.2) is 0 Å². The molecule has 2 heterocycles. The Balaban J connectivity index is 1.34. The number of benzene rings is 3. The molecule has 0 aliphatic carbocycles. The number of urea groups is 1. The van der Waals surface area contributed by atoms with Crippen molar-refractivity contribution in [2.45, 2.75) is 25.1 Å². The number of para-hydroxylation sites is 1. The molecule has 0 radical (unpaired) electrons. The predicted molar refractivity (Wildman–Crippen MR) is 123 cm³/mol. The number of aliphatic hydroxyl groups is 1. The largest absolute Gasteiger partial charge is 0.373 e. The molecule has 2 unspecified atom stereocenters. The maximum Gasteiger partial charge on any atom is 0.321 e. The van der Waals surface area contributed by atoms with Crippen molar-refractivity contribution in [1.29, 1.82) is 0 Å². The lowest BCUT2D eigenvalue weighted by molar-refractivity contribution is -0.111. The summed E-state index contributed by atoms with van der Waals surface area (Å²) in [5.74, 6) is -0.336. The van der Waals surface area contributed by atoms with Crippen LogP contribution in [0.5, 0.6) is 0 Å². The van der Waals surface area contributed by atoms with Crippen LogP contribution >= 0.6 is 0 Å². The molecular formula is C26H26FN3O2. The third-order valence-corrected chi connectivity index (χ3v) is 6.85. The molecule has 0 aromatic heterocycles. The number of nitrogens with one attached hydrogen (secondary N) is 1. The van der Waals surface area contributed by atoms with Crippen molar-refractivity contribution in [3.05, 3.63) is 96.3 Å². The van der Waals surface area contributed by atoms with Gasteiger partial charge in [-0.15, -0.1) is 0 Å². The number of carbonyl (C=O) groups is 1. The molecule has 2 saturated heterocycles. The van der Waals surface area contributed by atoms with Gasteiger partial charge in [-0.1, -0.05) is 48.5 Å². The minimum atomic E-state index is -0.614. The van der Waals surface area contributed by atoms with E-state index in [-0.39, 0.29) is 23.3 Å². The smallest absolute Gasteiger partial charge is 0.321 e. The Bertz CT molecular complexity index is 1070. The Morgan fingerprint density at radius 1 is 0.906 bits per heavy atom. The summed E-state index contributed by atoms with van der Waals surface area (Å²) in [6, 6.07) is 25.9. The van der Waals surface area contributed by atoms with E-state index in [1.807, 2.05) is 48.5 Å². The van der Waals surface area contributed by atoms with E-state index in [9.17, 15) is 14.3 Å². The van der Waals surface area contributed by atoms with Crippen LogP contribution in [-0.2, 0) is 0 Å². The molecule has 2 amide bonds. The van der Waals surface area contributed by atoms with E-state index in [2.05, 4.69) is 22.3 Å². The Morgan fingerprint density at radius 2 is 1.50 bits per heavy atom. The van der Waals surface area contributed by atoms with Crippen molar-refractivity contribution in [2.75, 3.05) is 23.3 Å². The Labute approximate surface area is 187 Å². The van der Waals surface area contributed by atoms with E-state index < -0.39 is 6.23 Å². The number of hydrogen-bond acceptors (Lipinski definition) is 3. The standard InChI is InChI=1S/C26H26FN3O2/c27-20-11-13-21(14-12-20)28-25(32)29-17-15-26(16-18-29)23(19-7-3-1-4-8-19)30(24(26)31)22-9-5-2-6-10-22/h1-14,23-24,31H,15-18H2,(H,28,32). The summed E-state index contributed by atoms with van der Waals surface area (Å²) in [7, 11) is 0. The highest BCUT2D eigenvalue weighted by molar-refractivity contribution is 5.89. The lowest BCUT2D eigenvalue weighted by Gasteiger charge is -2.64. The minimum absolute atomic E-state index is 0.0448. The van der Waals surface area contributed by atoms with E-state index >= 15 is 0 Å². The highest BCUT2D eigenvalue weighted by Crippen LogP contribution is 2.59. The zero-order valence-corrected chi connectivity index (χ0v) is 17.7. The Kier molecular flexibility index (Phi) is 5.31. The second-order valence-electron chi connectivity index (χ2n) is 8.59. The summed E-state index contributed by atoms with van der Waals surface area (Å²) in [5, 5.41) is 14.2. The van der Waals surface area contributed by atoms with Gasteiger partial charge in [0.2, 0.25) is 0 Å². The molecule has 2 N–H and O–H groups in total. The quantitative estimate of drug-likeness (QED) is 0.612. The van der Waals surface area contributed by atoms with Crippen LogP contribution in [0.25, 0.3) is 0 Å². The zero-order chi connectivity index (χ0) is 22.1. The maximum atomic E-state index is 13.1. The number of rotatable bonds is 3. The van der Waals surface area contributed by atoms with Gasteiger partial charge in [0, 0.05) is 29.9 Å². The van der Waals surface area contributed by atoms with Crippen molar-refractivity contribution >= 4 is 17.4 Å². The van der Waals surface area contributed by atoms with Crippen molar-refractivity contribution in [3.63, 3.8) is 0 Å². The Hall–Kier alpha value is -3.38. The molecule has 3 aromatic carbocycles. The van der Waals surface area contributed by atoms with Gasteiger partial charge < -0.3 is 20.2 Å². The van der Waals surface area contributed by atoms with Crippen LogP contribution in [0.15, 0.2) is 84.9 Å². The average molecular weight is 432 g/mol. The molecule has 3 aromatic rings. The van der Waals surface area contributed by atoms with Gasteiger partial charge in [-0.2, -0.15) is 0 Å². The molecular weight excluding hydrogens is 405 g/mol. The van der Waals surface area contributed by atoms with E-state index in [0.717, 1.165) is 5.69 Å². The van der Waals surface area contributed by atoms with Gasteiger partial charge in [0.1, 0.15) is 12.0 Å². The number of amides is 2. The average Bonchev–Trinajstić information content (AvgIpc) is 2.84. The van der Waals surface area contributed by atoms with E-state index in [0.29, 0.717) is 31.6 Å². The second kappa shape index (κ2) is 8.28. The summed E-state index contributed by atoms with van der Waals surface area (Å²) in [4.78, 5) is 16.6. The third kappa shape index (κ3) is 3.50. The normalized spacial score (nSPS) is 21.8. The molecule has 5 nitrogen and oxygen atoms in total. The second-order valence-corrected chi connectivity index (χ2v) is 8.59. The monoisotopic (exact) mass is 431 g/mol. The lowest BCUT2D eigenvalue weighted by atomic mass is 9.61. The van der Waals surface area contributed by atoms with Crippen LogP contribution in [0.1, 0.15) is 24.4 Å². The first kappa shape index (κ1) is 20.5. The number of nitrogens with zero attached hydrogens (tertiary/aromatic N) is 2. The summed E-state index contributed by atoms with van der Waals surface area (Å²) in [6.45, 7) is 1.10. The fourth-order valence-electron chi connectivity index (χ4n) is 5.17. The SMILES string of the molecule is O=C(Nc1ccc(F)cc1)N1CCC2(CC1)C(O)N(c1ccccc1)C2c1ccccc1. The van der Waals surface area contributed by atoms with Crippen LogP contribution in [0.2, 0.25) is 0 Å². The van der Waals surface area contributed by atoms with E-state index in [1.165, 1.54) is 17.7 Å². The molecule has 0 saturated carbocycles. The van der Waals surface area contributed by atoms with Gasteiger partial charge in [0.25, 0.3) is 0 Å². The molecule has 0 bridgehead atoms. The van der Waals surface area contributed by atoms with Crippen LogP contribution in [0.4, 0.5) is 20.6 Å². The number of anilines is 2. The number of aliphatic hydroxyl groups excluding tert-OH is 1. The van der Waals surface area contributed by atoms with Gasteiger partial charge in [-0.05, 0) is 54.8 Å². The van der Waals surface area contributed by atoms with Gasteiger partial charge in [-0.25, -0.2) is 9.18 Å². The molecule has 1 spiro atoms. The molecule has 164 valence electrons. The lowest BCUT2D eigenvalue weighted by Crippen LogP contribution is -2.69. The number of piperidine rings is 1. The molecule has 2 fully saturated rings. The third-order valence-electron chi connectivity index (χ3n) is 6.85. The number of likely N-dealkylation sites (tertiary alicyclic amines) is 1. The van der Waals surface area contributed by atoms with Gasteiger partial charge >= 0.3 is 6.03 Å². The first-order valence-electron chi connectivity index (χ1n) is 11.0. The minimum Gasteiger partial charge on any atom is -0.373 e. The molecule has 32 heavy (non-hydrogen) atoms. The zero-order valence-electron chi connectivity index (χ0n) is 17.7. The molecule has 6 heteroatoms. The van der Waals surface area contributed by atoms with Crippen molar-refractivity contribution in [2.24, 2.45) is 5.41 Å². The Morgan fingerprint density at radius 3 is 2.12 bits per heavy atom. The van der Waals surface area contributed by atoms with Crippen LogP contribution in [0.3, 0.4) is 0 Å². The first-order chi connectivity index (χ1) is 15.6. The number of halogens is 1. The highest BCUT2D eigenvalue weighted by atomic mass is 19.1. The fourth-order valence-corrected chi connectivity index (χ4v) is 5.17. The van der Waals surface area contributed by atoms with Crippen molar-refractivity contribution in [1.82, 2.24) is 4.90 Å². The summed E-state index contributed by atoms with van der Waals surface area (Å²) < 4.78 is 13.1. The molecule has 2 atom stereocenters. The van der Waals surface area contributed by atoms with Crippen molar-refractivity contribution in [3.8, 4) is 0 Å². The maximum absolute atomic E-state index is 13.1. The number of hydrogen-bond donors (Lipinski definition) is 2. The van der Waals surface area contributed by atoms with Crippen LogP contribution in [0, 0.1) is 11.2 Å². The highest BCUT2D eigenvalue weighted by Gasteiger charge is 2.61. The van der Waals surface area contributed by atoms with E-state index in [4.69, 9.17) is 0 Å². The molecule has 2 aliphatic heterocycles. The summed E-state index contributed by atoms with van der Waals surface area (Å²) in [6.07, 6.45) is 0.791. The van der Waals surface area contributed by atoms with Crippen molar-refractivity contribution < 1.29 is 14.3 Å². The topological polar surface area (TPSA) is 55.8 Å². The molecule has 2 aliphatic rings. The van der Waals surface area contributed by atoms with Crippen LogP contribution in [-0.4, -0.2) is 35.4 Å². The van der Waals surface area contributed by atoms with Crippen LogP contribution < -0.4 is 10.2 Å². The predicted octanol–water partition coefficient (Wildman–Crippen LogP) is 5.02. The first-order valence-corrected chi connectivity index (χ1v) is 11.0.